The molecule has 2 atom stereocenters. The average Bonchev–Trinajstić information content (AvgIpc) is 2.53. The summed E-state index contributed by atoms with van der Waals surface area (Å²) in [6.07, 6.45) is 0. The first-order chi connectivity index (χ1) is 10.1. The van der Waals surface area contributed by atoms with Gasteiger partial charge in [0.2, 0.25) is 11.1 Å². The number of nitrogens with zero attached hydrogens (tertiary/aromatic N) is 3. The third-order valence-corrected chi connectivity index (χ3v) is 4.26. The van der Waals surface area contributed by atoms with Gasteiger partial charge in [-0.2, -0.15) is 0 Å². The fraction of sp³-hybridized carbons (Fsp3) is 0.818. The van der Waals surface area contributed by atoms with Gasteiger partial charge in [-0.1, -0.05) is 0 Å². The van der Waals surface area contributed by atoms with Crippen molar-refractivity contribution in [3.05, 3.63) is 0 Å². The van der Waals surface area contributed by atoms with E-state index in [4.69, 9.17) is 9.29 Å². The zero-order chi connectivity index (χ0) is 15.2. The minimum absolute atomic E-state index is 0.0454. The van der Waals surface area contributed by atoms with E-state index < -0.39 is 16.6 Å². The van der Waals surface area contributed by atoms with Crippen LogP contribution in [-0.4, -0.2) is 94.0 Å². The van der Waals surface area contributed by atoms with E-state index in [0.717, 1.165) is 0 Å². The SMILES string of the molecule is O=CO[C@@H](N1CCN(C(=O)N2CCOCC2)CC1)S(=O)O. The third-order valence-electron chi connectivity index (χ3n) is 3.51. The first-order valence-corrected chi connectivity index (χ1v) is 7.85. The standard InChI is InChI=1S/C11H19N3O6S/c15-9-20-11(21(17)18)14-3-1-12(2-4-14)10(16)13-5-7-19-8-6-13/h9,11H,1-8H2,(H,17,18)/t11-/m1/s1. The number of hydrogen-bond donors (Lipinski definition) is 1. The molecule has 2 heterocycles. The van der Waals surface area contributed by atoms with Crippen molar-refractivity contribution < 1.29 is 27.8 Å². The first-order valence-electron chi connectivity index (χ1n) is 6.68. The van der Waals surface area contributed by atoms with Gasteiger partial charge in [0, 0.05) is 39.3 Å². The molecule has 1 unspecified atom stereocenters. The van der Waals surface area contributed by atoms with E-state index in [9.17, 15) is 13.8 Å². The molecule has 0 spiro atoms. The van der Waals surface area contributed by atoms with Crippen LogP contribution < -0.4 is 0 Å². The number of carbonyl (C=O) groups is 2. The molecule has 0 bridgehead atoms. The van der Waals surface area contributed by atoms with Crippen LogP contribution in [0.25, 0.3) is 0 Å². The normalized spacial score (nSPS) is 23.5. The summed E-state index contributed by atoms with van der Waals surface area (Å²) in [7, 11) is 0. The summed E-state index contributed by atoms with van der Waals surface area (Å²) in [5.74, 6) is 0. The Morgan fingerprint density at radius 1 is 1.14 bits per heavy atom. The van der Waals surface area contributed by atoms with E-state index in [1.807, 2.05) is 0 Å². The predicted octanol–water partition coefficient (Wildman–Crippen LogP) is -1.27. The lowest BCUT2D eigenvalue weighted by Gasteiger charge is -2.39. The van der Waals surface area contributed by atoms with Crippen molar-refractivity contribution in [3.8, 4) is 0 Å². The van der Waals surface area contributed by atoms with Crippen molar-refractivity contribution in [2.45, 2.75) is 5.56 Å². The Morgan fingerprint density at radius 2 is 1.71 bits per heavy atom. The lowest BCUT2D eigenvalue weighted by molar-refractivity contribution is -0.137. The Balaban J connectivity index is 1.85. The number of morpholine rings is 1. The summed E-state index contributed by atoms with van der Waals surface area (Å²) in [6, 6.07) is -0.0454. The molecule has 9 nitrogen and oxygen atoms in total. The third kappa shape index (κ3) is 4.13. The van der Waals surface area contributed by atoms with Crippen LogP contribution in [0, 0.1) is 0 Å². The Labute approximate surface area is 125 Å². The molecule has 1 N–H and O–H groups in total. The summed E-state index contributed by atoms with van der Waals surface area (Å²) in [6.45, 7) is 4.01. The number of piperazine rings is 1. The van der Waals surface area contributed by atoms with Crippen molar-refractivity contribution in [2.75, 3.05) is 52.5 Å². The van der Waals surface area contributed by atoms with Crippen LogP contribution in [0.3, 0.4) is 0 Å². The average molecular weight is 321 g/mol. The predicted molar refractivity (Wildman–Crippen MR) is 72.6 cm³/mol. The van der Waals surface area contributed by atoms with Crippen LogP contribution in [0.15, 0.2) is 0 Å². The van der Waals surface area contributed by atoms with Gasteiger partial charge in [-0.15, -0.1) is 0 Å². The van der Waals surface area contributed by atoms with E-state index in [0.29, 0.717) is 52.5 Å². The molecule has 10 heteroatoms. The van der Waals surface area contributed by atoms with Gasteiger partial charge in [-0.05, 0) is 0 Å². The molecule has 2 amide bonds. The fourth-order valence-corrected chi connectivity index (χ4v) is 2.99. The number of carbonyl (C=O) groups excluding carboxylic acids is 2. The quantitative estimate of drug-likeness (QED) is 0.509. The first kappa shape index (κ1) is 16.1. The molecular weight excluding hydrogens is 302 g/mol. The summed E-state index contributed by atoms with van der Waals surface area (Å²) >= 11 is -2.28. The molecule has 2 rings (SSSR count). The number of urea groups is 1. The van der Waals surface area contributed by atoms with Crippen molar-refractivity contribution in [3.63, 3.8) is 0 Å². The lowest BCUT2D eigenvalue weighted by atomic mass is 10.3. The van der Waals surface area contributed by atoms with Crippen LogP contribution in [0.1, 0.15) is 0 Å². The summed E-state index contributed by atoms with van der Waals surface area (Å²) in [4.78, 5) is 27.6. The van der Waals surface area contributed by atoms with E-state index in [1.165, 1.54) is 0 Å². The molecule has 2 saturated heterocycles. The largest absolute Gasteiger partial charge is 0.434 e. The van der Waals surface area contributed by atoms with Gasteiger partial charge in [0.1, 0.15) is 0 Å². The van der Waals surface area contributed by atoms with Gasteiger partial charge in [0.25, 0.3) is 12.0 Å². The molecule has 0 aliphatic carbocycles. The molecule has 120 valence electrons. The number of ether oxygens (including phenoxy) is 2. The second kappa shape index (κ2) is 7.69. The topological polar surface area (TPSA) is 99.6 Å². The molecule has 2 aliphatic heterocycles. The Kier molecular flexibility index (Phi) is 5.91. The highest BCUT2D eigenvalue weighted by atomic mass is 32.2. The molecule has 0 aromatic rings. The Hall–Kier alpha value is -1.23. The van der Waals surface area contributed by atoms with Gasteiger partial charge in [-0.25, -0.2) is 9.00 Å². The highest BCUT2D eigenvalue weighted by molar-refractivity contribution is 7.79. The number of amides is 2. The van der Waals surface area contributed by atoms with Crippen LogP contribution in [0.5, 0.6) is 0 Å². The van der Waals surface area contributed by atoms with E-state index >= 15 is 0 Å². The maximum atomic E-state index is 12.3. The highest BCUT2D eigenvalue weighted by Crippen LogP contribution is 2.12. The highest BCUT2D eigenvalue weighted by Gasteiger charge is 2.32. The molecule has 2 aliphatic rings. The smallest absolute Gasteiger partial charge is 0.320 e. The van der Waals surface area contributed by atoms with E-state index in [1.54, 1.807) is 14.7 Å². The minimum atomic E-state index is -2.28. The molecule has 0 radical (unpaired) electrons. The van der Waals surface area contributed by atoms with Crippen molar-refractivity contribution in [1.82, 2.24) is 14.7 Å². The van der Waals surface area contributed by atoms with Gasteiger partial charge >= 0.3 is 6.03 Å². The Bertz CT molecular complexity index is 395. The summed E-state index contributed by atoms with van der Waals surface area (Å²) < 4.78 is 30.1. The van der Waals surface area contributed by atoms with E-state index in [2.05, 4.69) is 4.74 Å². The second-order valence-electron chi connectivity index (χ2n) is 4.72. The summed E-state index contributed by atoms with van der Waals surface area (Å²) in [5.41, 5.74) is -1.18. The molecule has 0 aromatic carbocycles. The van der Waals surface area contributed by atoms with Crippen molar-refractivity contribution in [1.29, 1.82) is 0 Å². The molecule has 2 fully saturated rings. The van der Waals surface area contributed by atoms with Crippen LogP contribution in [0.2, 0.25) is 0 Å². The molecule has 21 heavy (non-hydrogen) atoms. The van der Waals surface area contributed by atoms with Gasteiger partial charge < -0.3 is 23.8 Å². The van der Waals surface area contributed by atoms with Gasteiger partial charge in [0.15, 0.2) is 0 Å². The molecule has 0 aromatic heterocycles. The minimum Gasteiger partial charge on any atom is -0.434 e. The fourth-order valence-electron chi connectivity index (χ4n) is 2.39. The maximum absolute atomic E-state index is 12.3. The van der Waals surface area contributed by atoms with Crippen LogP contribution in [-0.2, 0) is 25.3 Å². The monoisotopic (exact) mass is 321 g/mol. The Morgan fingerprint density at radius 3 is 2.24 bits per heavy atom. The number of hydrogen-bond acceptors (Lipinski definition) is 6. The van der Waals surface area contributed by atoms with Crippen molar-refractivity contribution in [2.24, 2.45) is 0 Å². The zero-order valence-corrected chi connectivity index (χ0v) is 12.4. The molecule has 0 saturated carbocycles. The van der Waals surface area contributed by atoms with Crippen LogP contribution in [0.4, 0.5) is 4.79 Å². The number of rotatable bonds is 4. The van der Waals surface area contributed by atoms with Crippen molar-refractivity contribution >= 4 is 23.6 Å². The van der Waals surface area contributed by atoms with Gasteiger partial charge in [-0.3, -0.25) is 9.69 Å². The van der Waals surface area contributed by atoms with E-state index in [-0.39, 0.29) is 12.5 Å². The molecular formula is C11H19N3O6S. The maximum Gasteiger partial charge on any atom is 0.320 e. The van der Waals surface area contributed by atoms with Crippen LogP contribution >= 0.6 is 0 Å². The van der Waals surface area contributed by atoms with Gasteiger partial charge in [0.05, 0.1) is 13.2 Å². The second-order valence-corrected chi connectivity index (χ2v) is 5.68. The zero-order valence-electron chi connectivity index (χ0n) is 11.5. The summed E-state index contributed by atoms with van der Waals surface area (Å²) in [5, 5.41) is 0. The lowest BCUT2D eigenvalue weighted by Crippen LogP contribution is -2.57.